The molecule has 0 bridgehead atoms. The Hall–Kier alpha value is -0.600. The summed E-state index contributed by atoms with van der Waals surface area (Å²) in [6, 6.07) is 2.35. The fourth-order valence-corrected chi connectivity index (χ4v) is 6.23. The summed E-state index contributed by atoms with van der Waals surface area (Å²) >= 11 is 0. The molecule has 4 nitrogen and oxygen atoms in total. The quantitative estimate of drug-likeness (QED) is 0.865. The maximum Gasteiger partial charge on any atom is 0.153 e. The molecular weight excluding hydrogens is 286 g/mol. The first-order valence-electron chi connectivity index (χ1n) is 8.11. The van der Waals surface area contributed by atoms with E-state index in [1.54, 1.807) is 0 Å². The van der Waals surface area contributed by atoms with E-state index in [-0.39, 0.29) is 0 Å². The molecule has 2 saturated carbocycles. The number of nitrogens with zero attached hydrogens (tertiary/aromatic N) is 1. The summed E-state index contributed by atoms with van der Waals surface area (Å²) in [7, 11) is -3.33. The van der Waals surface area contributed by atoms with Crippen molar-refractivity contribution in [2.75, 3.05) is 6.26 Å². The SMILES string of the molecule is CCCC1CCC(C#N)(C2(O)CCCC2S(C)(=O)=O)CC1. The van der Waals surface area contributed by atoms with Crippen LogP contribution in [0.2, 0.25) is 0 Å². The molecule has 2 aliphatic rings. The van der Waals surface area contributed by atoms with E-state index in [0.29, 0.717) is 38.0 Å². The minimum absolute atomic E-state index is 0.441. The fraction of sp³-hybridized carbons (Fsp3) is 0.938. The lowest BCUT2D eigenvalue weighted by molar-refractivity contribution is -0.0703. The van der Waals surface area contributed by atoms with Crippen molar-refractivity contribution in [3.8, 4) is 6.07 Å². The second kappa shape index (κ2) is 5.89. The van der Waals surface area contributed by atoms with Gasteiger partial charge in [0.1, 0.15) is 0 Å². The number of nitriles is 1. The summed E-state index contributed by atoms with van der Waals surface area (Å²) in [5.74, 6) is 0.623. The Morgan fingerprint density at radius 3 is 2.33 bits per heavy atom. The molecule has 2 fully saturated rings. The maximum absolute atomic E-state index is 12.0. The van der Waals surface area contributed by atoms with Crippen LogP contribution in [0, 0.1) is 22.7 Å². The highest BCUT2D eigenvalue weighted by Crippen LogP contribution is 2.54. The van der Waals surface area contributed by atoms with E-state index >= 15 is 0 Å². The van der Waals surface area contributed by atoms with Crippen molar-refractivity contribution in [3.05, 3.63) is 0 Å². The van der Waals surface area contributed by atoms with E-state index in [4.69, 9.17) is 0 Å². The minimum Gasteiger partial charge on any atom is -0.387 e. The standard InChI is InChI=1S/C16H27NO3S/c1-3-5-13-7-10-15(12-17,11-8-13)16(18)9-4-6-14(16)21(2,19)20/h13-14,18H,3-11H2,1-2H3. The predicted molar refractivity (Wildman–Crippen MR) is 82.3 cm³/mol. The topological polar surface area (TPSA) is 78.2 Å². The average Bonchev–Trinajstić information content (AvgIpc) is 2.84. The molecule has 1 N–H and O–H groups in total. The van der Waals surface area contributed by atoms with Crippen LogP contribution in [0.1, 0.15) is 64.7 Å². The summed E-state index contributed by atoms with van der Waals surface area (Å²) in [5.41, 5.74) is -2.23. The van der Waals surface area contributed by atoms with Crippen LogP contribution in [-0.4, -0.2) is 30.6 Å². The lowest BCUT2D eigenvalue weighted by atomic mass is 9.61. The Morgan fingerprint density at radius 2 is 1.86 bits per heavy atom. The van der Waals surface area contributed by atoms with Gasteiger partial charge >= 0.3 is 0 Å². The van der Waals surface area contributed by atoms with E-state index in [1.807, 2.05) is 0 Å². The van der Waals surface area contributed by atoms with Gasteiger partial charge in [-0.05, 0) is 50.9 Å². The van der Waals surface area contributed by atoms with E-state index in [2.05, 4.69) is 13.0 Å². The van der Waals surface area contributed by atoms with E-state index in [1.165, 1.54) is 6.26 Å². The van der Waals surface area contributed by atoms with E-state index < -0.39 is 26.1 Å². The smallest absolute Gasteiger partial charge is 0.153 e. The monoisotopic (exact) mass is 313 g/mol. The van der Waals surface area contributed by atoms with Crippen LogP contribution in [0.5, 0.6) is 0 Å². The molecule has 0 spiro atoms. The molecule has 5 heteroatoms. The molecule has 0 aromatic carbocycles. The Morgan fingerprint density at radius 1 is 1.24 bits per heavy atom. The molecule has 0 aliphatic heterocycles. The van der Waals surface area contributed by atoms with Gasteiger partial charge in [-0.15, -0.1) is 0 Å². The molecule has 2 aliphatic carbocycles. The van der Waals surface area contributed by atoms with Crippen molar-refractivity contribution in [3.63, 3.8) is 0 Å². The van der Waals surface area contributed by atoms with Crippen LogP contribution in [-0.2, 0) is 9.84 Å². The summed E-state index contributed by atoms with van der Waals surface area (Å²) < 4.78 is 24.1. The van der Waals surface area contributed by atoms with Gasteiger partial charge in [0.05, 0.1) is 22.3 Å². The summed E-state index contributed by atoms with van der Waals surface area (Å²) in [4.78, 5) is 0. The zero-order chi connectivity index (χ0) is 15.7. The molecule has 0 aromatic heterocycles. The summed E-state index contributed by atoms with van der Waals surface area (Å²) in [6.07, 6.45) is 8.25. The number of hydrogen-bond donors (Lipinski definition) is 1. The second-order valence-corrected chi connectivity index (χ2v) is 9.29. The number of rotatable bonds is 4. The molecule has 2 rings (SSSR count). The number of sulfone groups is 1. The normalized spacial score (nSPS) is 40.9. The molecule has 0 amide bonds. The van der Waals surface area contributed by atoms with Gasteiger partial charge in [-0.2, -0.15) is 5.26 Å². The van der Waals surface area contributed by atoms with Gasteiger partial charge in [0.2, 0.25) is 0 Å². The molecule has 2 atom stereocenters. The molecule has 0 heterocycles. The van der Waals surface area contributed by atoms with Gasteiger partial charge in [-0.25, -0.2) is 8.42 Å². The molecule has 2 unspecified atom stereocenters. The lowest BCUT2D eigenvalue weighted by Gasteiger charge is -2.47. The van der Waals surface area contributed by atoms with E-state index in [9.17, 15) is 18.8 Å². The first-order chi connectivity index (χ1) is 9.79. The zero-order valence-electron chi connectivity index (χ0n) is 13.1. The minimum atomic E-state index is -3.33. The number of aliphatic hydroxyl groups is 1. The third-order valence-electron chi connectivity index (χ3n) is 5.77. The molecule has 21 heavy (non-hydrogen) atoms. The molecule has 0 saturated heterocycles. The fourth-order valence-electron chi connectivity index (χ4n) is 4.58. The predicted octanol–water partition coefficient (Wildman–Crippen LogP) is 2.81. The third-order valence-corrected chi connectivity index (χ3v) is 7.43. The van der Waals surface area contributed by atoms with Crippen LogP contribution in [0.25, 0.3) is 0 Å². The first-order valence-corrected chi connectivity index (χ1v) is 10.1. The highest BCUT2D eigenvalue weighted by atomic mass is 32.2. The van der Waals surface area contributed by atoms with Crippen LogP contribution < -0.4 is 0 Å². The Labute approximate surface area is 128 Å². The Balaban J connectivity index is 2.27. The summed E-state index contributed by atoms with van der Waals surface area (Å²) in [5, 5.41) is 20.2. The molecule has 120 valence electrons. The number of hydrogen-bond acceptors (Lipinski definition) is 4. The van der Waals surface area contributed by atoms with E-state index in [0.717, 1.165) is 25.7 Å². The van der Waals surface area contributed by atoms with Crippen molar-refractivity contribution >= 4 is 9.84 Å². The largest absolute Gasteiger partial charge is 0.387 e. The van der Waals surface area contributed by atoms with Gasteiger partial charge in [-0.3, -0.25) is 0 Å². The third kappa shape index (κ3) is 2.85. The average molecular weight is 313 g/mol. The zero-order valence-corrected chi connectivity index (χ0v) is 14.0. The van der Waals surface area contributed by atoms with Crippen molar-refractivity contribution in [2.24, 2.45) is 11.3 Å². The van der Waals surface area contributed by atoms with Gasteiger partial charge < -0.3 is 5.11 Å². The summed E-state index contributed by atoms with van der Waals surface area (Å²) in [6.45, 7) is 2.16. The second-order valence-electron chi connectivity index (χ2n) is 7.06. The van der Waals surface area contributed by atoms with Crippen LogP contribution >= 0.6 is 0 Å². The van der Waals surface area contributed by atoms with Gasteiger partial charge in [0.15, 0.2) is 9.84 Å². The molecule has 0 radical (unpaired) electrons. The first kappa shape index (κ1) is 16.8. The highest BCUT2D eigenvalue weighted by molar-refractivity contribution is 7.91. The lowest BCUT2D eigenvalue weighted by Crippen LogP contribution is -2.56. The molecular formula is C16H27NO3S. The van der Waals surface area contributed by atoms with Crippen LogP contribution in [0.4, 0.5) is 0 Å². The van der Waals surface area contributed by atoms with Gasteiger partial charge in [0, 0.05) is 6.26 Å². The van der Waals surface area contributed by atoms with Crippen molar-refractivity contribution < 1.29 is 13.5 Å². The maximum atomic E-state index is 12.0. The highest BCUT2D eigenvalue weighted by Gasteiger charge is 2.60. The van der Waals surface area contributed by atoms with Crippen LogP contribution in [0.15, 0.2) is 0 Å². The Kier molecular flexibility index (Phi) is 4.70. The van der Waals surface area contributed by atoms with Gasteiger partial charge in [0.25, 0.3) is 0 Å². The molecule has 0 aromatic rings. The van der Waals surface area contributed by atoms with Gasteiger partial charge in [-0.1, -0.05) is 19.8 Å². The van der Waals surface area contributed by atoms with Crippen LogP contribution in [0.3, 0.4) is 0 Å². The van der Waals surface area contributed by atoms with Crippen molar-refractivity contribution in [2.45, 2.75) is 75.6 Å². The Bertz CT molecular complexity index is 514. The van der Waals surface area contributed by atoms with Crippen molar-refractivity contribution in [1.29, 1.82) is 5.26 Å². The van der Waals surface area contributed by atoms with Crippen molar-refractivity contribution in [1.82, 2.24) is 0 Å².